The Morgan fingerprint density at radius 3 is 1.76 bits per heavy atom. The molecule has 0 fully saturated rings. The summed E-state index contributed by atoms with van der Waals surface area (Å²) in [6, 6.07) is 35.8. The SMILES string of the molecule is C=Cc1ccccc1-c1ccccc1.CCn1c2ccccc2c2ccccc21. The van der Waals surface area contributed by atoms with Gasteiger partial charge in [-0.3, -0.25) is 0 Å². The molecule has 1 heteroatoms. The van der Waals surface area contributed by atoms with Gasteiger partial charge in [0.15, 0.2) is 0 Å². The van der Waals surface area contributed by atoms with Gasteiger partial charge >= 0.3 is 0 Å². The zero-order valence-electron chi connectivity index (χ0n) is 16.8. The average molecular weight is 376 g/mol. The van der Waals surface area contributed by atoms with Gasteiger partial charge in [0, 0.05) is 28.4 Å². The highest BCUT2D eigenvalue weighted by Gasteiger charge is 2.06. The molecule has 0 N–H and O–H groups in total. The van der Waals surface area contributed by atoms with E-state index in [-0.39, 0.29) is 0 Å². The van der Waals surface area contributed by atoms with Crippen LogP contribution in [0.2, 0.25) is 0 Å². The zero-order chi connectivity index (χ0) is 20.1. The predicted molar refractivity (Wildman–Crippen MR) is 127 cm³/mol. The smallest absolute Gasteiger partial charge is 0.0491 e. The third-order valence-electron chi connectivity index (χ3n) is 5.26. The zero-order valence-corrected chi connectivity index (χ0v) is 16.8. The number of nitrogens with zero attached hydrogens (tertiary/aromatic N) is 1. The first-order valence-corrected chi connectivity index (χ1v) is 10.1. The summed E-state index contributed by atoms with van der Waals surface area (Å²) in [7, 11) is 0. The molecule has 29 heavy (non-hydrogen) atoms. The molecule has 1 heterocycles. The van der Waals surface area contributed by atoms with Crippen molar-refractivity contribution in [2.24, 2.45) is 0 Å². The lowest BCUT2D eigenvalue weighted by atomic mass is 10.00. The summed E-state index contributed by atoms with van der Waals surface area (Å²) in [5.74, 6) is 0. The second kappa shape index (κ2) is 8.62. The molecule has 142 valence electrons. The fraction of sp³-hybridized carbons (Fsp3) is 0.0714. The van der Waals surface area contributed by atoms with Crippen molar-refractivity contribution < 1.29 is 0 Å². The highest BCUT2D eigenvalue weighted by Crippen LogP contribution is 2.28. The third-order valence-corrected chi connectivity index (χ3v) is 5.26. The molecule has 0 bridgehead atoms. The summed E-state index contributed by atoms with van der Waals surface area (Å²) in [5, 5.41) is 2.71. The molecule has 1 nitrogen and oxygen atoms in total. The normalized spacial score (nSPS) is 10.5. The van der Waals surface area contributed by atoms with Crippen molar-refractivity contribution in [3.8, 4) is 11.1 Å². The summed E-state index contributed by atoms with van der Waals surface area (Å²) in [5.41, 5.74) is 6.33. The van der Waals surface area contributed by atoms with Crippen molar-refractivity contribution in [3.63, 3.8) is 0 Å². The number of fused-ring (bicyclic) bond motifs is 3. The molecule has 4 aromatic carbocycles. The van der Waals surface area contributed by atoms with E-state index in [9.17, 15) is 0 Å². The quantitative estimate of drug-likeness (QED) is 0.303. The molecule has 0 aliphatic heterocycles. The van der Waals surface area contributed by atoms with Crippen LogP contribution in [-0.4, -0.2) is 4.57 Å². The number of benzene rings is 4. The lowest BCUT2D eigenvalue weighted by molar-refractivity contribution is 0.827. The monoisotopic (exact) mass is 375 g/mol. The summed E-state index contributed by atoms with van der Waals surface area (Å²) >= 11 is 0. The molecular weight excluding hydrogens is 350 g/mol. The van der Waals surface area contributed by atoms with Gasteiger partial charge in [0.05, 0.1) is 0 Å². The molecule has 0 saturated heterocycles. The van der Waals surface area contributed by atoms with Crippen LogP contribution in [-0.2, 0) is 6.54 Å². The van der Waals surface area contributed by atoms with E-state index in [0.29, 0.717) is 0 Å². The van der Waals surface area contributed by atoms with E-state index in [2.05, 4.69) is 109 Å². The topological polar surface area (TPSA) is 4.93 Å². The first-order chi connectivity index (χ1) is 14.3. The van der Waals surface area contributed by atoms with E-state index in [4.69, 9.17) is 0 Å². The van der Waals surface area contributed by atoms with Crippen LogP contribution in [0.25, 0.3) is 39.0 Å². The largest absolute Gasteiger partial charge is 0.341 e. The van der Waals surface area contributed by atoms with Crippen LogP contribution in [0.3, 0.4) is 0 Å². The standard InChI is InChI=1S/C14H13N.C14H12/c1-2-15-13-9-5-3-7-11(13)12-8-4-6-10-14(12)15;1-2-12-8-6-7-11-14(12)13-9-4-3-5-10-13/h3-10H,2H2,1H3;2-11H,1H2. The van der Waals surface area contributed by atoms with Crippen LogP contribution in [0.1, 0.15) is 12.5 Å². The molecule has 0 aliphatic carbocycles. The third kappa shape index (κ3) is 3.72. The molecule has 1 aromatic heterocycles. The molecular formula is C28H25N. The summed E-state index contributed by atoms with van der Waals surface area (Å²) in [6.45, 7) is 7.03. The Hall–Kier alpha value is -3.58. The Morgan fingerprint density at radius 2 is 1.17 bits per heavy atom. The van der Waals surface area contributed by atoms with Gasteiger partial charge in [0.2, 0.25) is 0 Å². The van der Waals surface area contributed by atoms with Crippen LogP contribution < -0.4 is 0 Å². The molecule has 5 aromatic rings. The van der Waals surface area contributed by atoms with Crippen LogP contribution in [0.5, 0.6) is 0 Å². The lowest BCUT2D eigenvalue weighted by Crippen LogP contribution is -1.91. The van der Waals surface area contributed by atoms with E-state index in [0.717, 1.165) is 6.54 Å². The fourth-order valence-corrected chi connectivity index (χ4v) is 3.90. The van der Waals surface area contributed by atoms with Gasteiger partial charge in [-0.15, -0.1) is 0 Å². The number of aryl methyl sites for hydroxylation is 1. The van der Waals surface area contributed by atoms with Crippen LogP contribution >= 0.6 is 0 Å². The van der Waals surface area contributed by atoms with E-state index >= 15 is 0 Å². The number of hydrogen-bond donors (Lipinski definition) is 0. The van der Waals surface area contributed by atoms with Crippen LogP contribution in [0.15, 0.2) is 110 Å². The second-order valence-electron chi connectivity index (χ2n) is 6.94. The molecule has 0 radical (unpaired) electrons. The minimum atomic E-state index is 1.02. The van der Waals surface area contributed by atoms with Crippen molar-refractivity contribution >= 4 is 27.9 Å². The first-order valence-electron chi connectivity index (χ1n) is 10.1. The molecule has 0 amide bonds. The maximum absolute atomic E-state index is 3.82. The van der Waals surface area contributed by atoms with E-state index in [1.807, 2.05) is 18.2 Å². The molecule has 0 atom stereocenters. The van der Waals surface area contributed by atoms with Gasteiger partial charge in [0.1, 0.15) is 0 Å². The van der Waals surface area contributed by atoms with Gasteiger partial charge in [-0.25, -0.2) is 0 Å². The van der Waals surface area contributed by atoms with Crippen molar-refractivity contribution in [1.82, 2.24) is 4.57 Å². The molecule has 5 rings (SSSR count). The van der Waals surface area contributed by atoms with Gasteiger partial charge < -0.3 is 4.57 Å². The minimum Gasteiger partial charge on any atom is -0.341 e. The van der Waals surface area contributed by atoms with Crippen molar-refractivity contribution in [2.75, 3.05) is 0 Å². The Bertz CT molecular complexity index is 1190. The molecule has 0 saturated carbocycles. The number of rotatable bonds is 3. The van der Waals surface area contributed by atoms with Crippen molar-refractivity contribution in [2.45, 2.75) is 13.5 Å². The molecule has 0 spiro atoms. The fourth-order valence-electron chi connectivity index (χ4n) is 3.90. The highest BCUT2D eigenvalue weighted by molar-refractivity contribution is 6.07. The van der Waals surface area contributed by atoms with Gasteiger partial charge in [0.25, 0.3) is 0 Å². The lowest BCUT2D eigenvalue weighted by Gasteiger charge is -2.04. The van der Waals surface area contributed by atoms with Gasteiger partial charge in [-0.2, -0.15) is 0 Å². The molecule has 0 aliphatic rings. The highest BCUT2D eigenvalue weighted by atomic mass is 15.0. The van der Waals surface area contributed by atoms with E-state index < -0.39 is 0 Å². The number of aromatic nitrogens is 1. The maximum Gasteiger partial charge on any atom is 0.0491 e. The Kier molecular flexibility index (Phi) is 5.58. The summed E-state index contributed by atoms with van der Waals surface area (Å²) in [4.78, 5) is 0. The summed E-state index contributed by atoms with van der Waals surface area (Å²) in [6.07, 6.45) is 1.89. The average Bonchev–Trinajstić information content (AvgIpc) is 3.14. The van der Waals surface area contributed by atoms with E-state index in [1.54, 1.807) is 0 Å². The van der Waals surface area contributed by atoms with Crippen molar-refractivity contribution in [1.29, 1.82) is 0 Å². The second-order valence-corrected chi connectivity index (χ2v) is 6.94. The maximum atomic E-state index is 3.82. The summed E-state index contributed by atoms with van der Waals surface area (Å²) < 4.78 is 2.37. The predicted octanol–water partition coefficient (Wildman–Crippen LogP) is 7.81. The van der Waals surface area contributed by atoms with Crippen LogP contribution in [0, 0.1) is 0 Å². The van der Waals surface area contributed by atoms with Gasteiger partial charge in [-0.05, 0) is 35.7 Å². The van der Waals surface area contributed by atoms with E-state index in [1.165, 1.54) is 38.5 Å². The Morgan fingerprint density at radius 1 is 0.655 bits per heavy atom. The minimum absolute atomic E-state index is 1.02. The van der Waals surface area contributed by atoms with Gasteiger partial charge in [-0.1, -0.05) is 104 Å². The Balaban J connectivity index is 0.000000142. The number of hydrogen-bond acceptors (Lipinski definition) is 0. The van der Waals surface area contributed by atoms with Crippen LogP contribution in [0.4, 0.5) is 0 Å². The van der Waals surface area contributed by atoms with Crippen molar-refractivity contribution in [3.05, 3.63) is 115 Å². The molecule has 0 unspecified atom stereocenters. The number of para-hydroxylation sites is 2. The first kappa shape index (κ1) is 18.8. The Labute approximate surface area is 172 Å².